The quantitative estimate of drug-likeness (QED) is 0.789. The van der Waals surface area contributed by atoms with Crippen LogP contribution in [0.3, 0.4) is 0 Å². The Morgan fingerprint density at radius 3 is 2.38 bits per heavy atom. The molecule has 2 aromatic carbocycles. The lowest BCUT2D eigenvalue weighted by molar-refractivity contribution is 0.439. The monoisotopic (exact) mass is 221 g/mol. The Bertz CT molecular complexity index is 514. The van der Waals surface area contributed by atoms with Crippen LogP contribution >= 0.6 is 0 Å². The van der Waals surface area contributed by atoms with Gasteiger partial charge in [0.1, 0.15) is 11.6 Å². The van der Waals surface area contributed by atoms with Crippen molar-refractivity contribution in [3.8, 4) is 11.5 Å². The molecule has 0 aliphatic carbocycles. The molecule has 4 heteroatoms. The van der Waals surface area contributed by atoms with Gasteiger partial charge in [-0.3, -0.25) is 0 Å². The number of halogens is 2. The van der Waals surface area contributed by atoms with Crippen LogP contribution in [0.1, 0.15) is 0 Å². The van der Waals surface area contributed by atoms with E-state index in [0.29, 0.717) is 0 Å². The normalized spacial score (nSPS) is 10.1. The van der Waals surface area contributed by atoms with Crippen LogP contribution < -0.4 is 10.5 Å². The van der Waals surface area contributed by atoms with Crippen LogP contribution in [-0.4, -0.2) is 0 Å². The van der Waals surface area contributed by atoms with Gasteiger partial charge in [0, 0.05) is 6.07 Å². The molecule has 0 saturated heterocycles. The topological polar surface area (TPSA) is 35.2 Å². The summed E-state index contributed by atoms with van der Waals surface area (Å²) in [4.78, 5) is 0. The van der Waals surface area contributed by atoms with Gasteiger partial charge in [-0.15, -0.1) is 0 Å². The van der Waals surface area contributed by atoms with E-state index < -0.39 is 11.6 Å². The van der Waals surface area contributed by atoms with Crippen molar-refractivity contribution in [1.82, 2.24) is 0 Å². The lowest BCUT2D eigenvalue weighted by atomic mass is 10.3. The number of hydrogen-bond acceptors (Lipinski definition) is 2. The summed E-state index contributed by atoms with van der Waals surface area (Å²) in [5, 5.41) is 0. The molecule has 0 aliphatic heterocycles. The molecule has 0 spiro atoms. The number of para-hydroxylation sites is 1. The second-order valence-electron chi connectivity index (χ2n) is 3.22. The molecule has 0 saturated carbocycles. The molecule has 0 bridgehead atoms. The van der Waals surface area contributed by atoms with Gasteiger partial charge in [-0.05, 0) is 24.3 Å². The average molecular weight is 221 g/mol. The Morgan fingerprint density at radius 1 is 0.938 bits per heavy atom. The summed E-state index contributed by atoms with van der Waals surface area (Å²) in [6, 6.07) is 9.86. The summed E-state index contributed by atoms with van der Waals surface area (Å²) < 4.78 is 31.5. The highest BCUT2D eigenvalue weighted by Gasteiger charge is 2.05. The minimum Gasteiger partial charge on any atom is -0.454 e. The lowest BCUT2D eigenvalue weighted by Crippen LogP contribution is -1.92. The van der Waals surface area contributed by atoms with Crippen molar-refractivity contribution in [3.05, 3.63) is 54.1 Å². The van der Waals surface area contributed by atoms with Crippen molar-refractivity contribution in [2.45, 2.75) is 0 Å². The summed E-state index contributed by atoms with van der Waals surface area (Å²) in [5.74, 6) is -0.836. The maximum absolute atomic E-state index is 13.2. The van der Waals surface area contributed by atoms with Crippen LogP contribution in [-0.2, 0) is 0 Å². The third kappa shape index (κ3) is 2.11. The van der Waals surface area contributed by atoms with Gasteiger partial charge in [-0.2, -0.15) is 0 Å². The molecule has 0 heterocycles. The molecule has 0 radical (unpaired) electrons. The first-order chi connectivity index (χ1) is 7.66. The number of benzene rings is 2. The summed E-state index contributed by atoms with van der Waals surface area (Å²) in [6.45, 7) is 0. The van der Waals surface area contributed by atoms with Crippen LogP contribution in [0.5, 0.6) is 11.5 Å². The second kappa shape index (κ2) is 4.18. The number of hydrogen-bond donors (Lipinski definition) is 1. The first-order valence-corrected chi connectivity index (χ1v) is 4.64. The molecule has 2 aromatic rings. The van der Waals surface area contributed by atoms with E-state index in [9.17, 15) is 8.78 Å². The number of anilines is 1. The van der Waals surface area contributed by atoms with Gasteiger partial charge >= 0.3 is 0 Å². The largest absolute Gasteiger partial charge is 0.454 e. The van der Waals surface area contributed by atoms with Gasteiger partial charge < -0.3 is 10.5 Å². The zero-order valence-corrected chi connectivity index (χ0v) is 8.28. The predicted octanol–water partition coefficient (Wildman–Crippen LogP) is 3.34. The molecule has 0 amide bonds. The smallest absolute Gasteiger partial charge is 0.165 e. The van der Waals surface area contributed by atoms with Gasteiger partial charge in [0.25, 0.3) is 0 Å². The van der Waals surface area contributed by atoms with Crippen molar-refractivity contribution in [2.24, 2.45) is 0 Å². The van der Waals surface area contributed by atoms with E-state index in [0.717, 1.165) is 6.07 Å². The van der Waals surface area contributed by atoms with Crippen molar-refractivity contribution in [2.75, 3.05) is 5.73 Å². The first-order valence-electron chi connectivity index (χ1n) is 4.64. The van der Waals surface area contributed by atoms with Crippen LogP contribution in [0.4, 0.5) is 14.5 Å². The zero-order valence-electron chi connectivity index (χ0n) is 8.28. The average Bonchev–Trinajstić information content (AvgIpc) is 2.27. The van der Waals surface area contributed by atoms with Crippen LogP contribution in [0.15, 0.2) is 42.5 Å². The number of ether oxygens (including phenoxy) is 1. The Hall–Kier alpha value is -2.10. The fourth-order valence-corrected chi connectivity index (χ4v) is 1.23. The molecule has 0 atom stereocenters. The van der Waals surface area contributed by atoms with Crippen LogP contribution in [0.2, 0.25) is 0 Å². The molecule has 82 valence electrons. The maximum atomic E-state index is 13.2. The van der Waals surface area contributed by atoms with E-state index in [2.05, 4.69) is 0 Å². The first kappa shape index (κ1) is 10.4. The van der Waals surface area contributed by atoms with E-state index in [-0.39, 0.29) is 17.2 Å². The van der Waals surface area contributed by atoms with E-state index in [1.54, 1.807) is 12.1 Å². The van der Waals surface area contributed by atoms with Gasteiger partial charge in [-0.25, -0.2) is 8.78 Å². The van der Waals surface area contributed by atoms with E-state index in [4.69, 9.17) is 10.5 Å². The minimum absolute atomic E-state index is 0.0286. The number of nitrogen functional groups attached to an aromatic ring is 1. The predicted molar refractivity (Wildman–Crippen MR) is 57.3 cm³/mol. The summed E-state index contributed by atoms with van der Waals surface area (Å²) in [7, 11) is 0. The molecule has 0 fully saturated rings. The molecule has 0 unspecified atom stereocenters. The Labute approximate surface area is 91.3 Å². The lowest BCUT2D eigenvalue weighted by Gasteiger charge is -2.07. The molecule has 0 aromatic heterocycles. The number of nitrogens with two attached hydrogens (primary N) is 1. The zero-order chi connectivity index (χ0) is 11.5. The second-order valence-corrected chi connectivity index (χ2v) is 3.22. The Kier molecular flexibility index (Phi) is 2.72. The highest BCUT2D eigenvalue weighted by atomic mass is 19.1. The molecule has 0 aliphatic rings. The number of rotatable bonds is 2. The summed E-state index contributed by atoms with van der Waals surface area (Å²) in [6.07, 6.45) is 0. The highest BCUT2D eigenvalue weighted by molar-refractivity contribution is 5.44. The van der Waals surface area contributed by atoms with E-state index in [1.807, 2.05) is 0 Å². The highest BCUT2D eigenvalue weighted by Crippen LogP contribution is 2.26. The van der Waals surface area contributed by atoms with Gasteiger partial charge in [0.05, 0.1) is 5.69 Å². The summed E-state index contributed by atoms with van der Waals surface area (Å²) in [5.41, 5.74) is 5.34. The van der Waals surface area contributed by atoms with E-state index >= 15 is 0 Å². The van der Waals surface area contributed by atoms with Gasteiger partial charge in [0.2, 0.25) is 0 Å². The third-order valence-electron chi connectivity index (χ3n) is 2.04. The molecular formula is C12H9F2NO. The molecule has 2 N–H and O–H groups in total. The Balaban J connectivity index is 2.28. The van der Waals surface area contributed by atoms with Crippen molar-refractivity contribution in [3.63, 3.8) is 0 Å². The van der Waals surface area contributed by atoms with Crippen LogP contribution in [0, 0.1) is 11.6 Å². The standard InChI is InChI=1S/C12H9F2NO/c13-9-3-1-2-4-12(9)16-8-5-6-11(15)10(14)7-8/h1-7H,15H2. The summed E-state index contributed by atoms with van der Waals surface area (Å²) >= 11 is 0. The third-order valence-corrected chi connectivity index (χ3v) is 2.04. The fraction of sp³-hybridized carbons (Fsp3) is 0. The fourth-order valence-electron chi connectivity index (χ4n) is 1.23. The van der Waals surface area contributed by atoms with Crippen molar-refractivity contribution in [1.29, 1.82) is 0 Å². The minimum atomic E-state index is -0.589. The Morgan fingerprint density at radius 2 is 1.69 bits per heavy atom. The molecular weight excluding hydrogens is 212 g/mol. The van der Waals surface area contributed by atoms with Gasteiger partial charge in [-0.1, -0.05) is 12.1 Å². The van der Waals surface area contributed by atoms with E-state index in [1.165, 1.54) is 24.3 Å². The molecule has 16 heavy (non-hydrogen) atoms. The molecule has 2 rings (SSSR count). The van der Waals surface area contributed by atoms with Gasteiger partial charge in [0.15, 0.2) is 11.6 Å². The SMILES string of the molecule is Nc1ccc(Oc2ccccc2F)cc1F. The van der Waals surface area contributed by atoms with Crippen molar-refractivity contribution < 1.29 is 13.5 Å². The van der Waals surface area contributed by atoms with Crippen molar-refractivity contribution >= 4 is 5.69 Å². The maximum Gasteiger partial charge on any atom is 0.165 e. The van der Waals surface area contributed by atoms with Crippen LogP contribution in [0.25, 0.3) is 0 Å². The molecule has 2 nitrogen and oxygen atoms in total.